The van der Waals surface area contributed by atoms with E-state index in [0.717, 1.165) is 22.3 Å². The molecule has 2 amide bonds. The molecule has 0 aromatic heterocycles. The molecule has 186 valence electrons. The topological polar surface area (TPSA) is 95.9 Å². The molecule has 0 bridgehead atoms. The summed E-state index contributed by atoms with van der Waals surface area (Å²) >= 11 is 0. The zero-order valence-corrected chi connectivity index (χ0v) is 20.6. The van der Waals surface area contributed by atoms with Crippen molar-refractivity contribution in [2.45, 2.75) is 52.0 Å². The summed E-state index contributed by atoms with van der Waals surface area (Å²) in [5, 5.41) is 12.3. The van der Waals surface area contributed by atoms with Crippen molar-refractivity contribution in [2.75, 3.05) is 19.7 Å². The summed E-state index contributed by atoms with van der Waals surface area (Å²) in [7, 11) is 0. The number of aliphatic carboxylic acids is 1. The number of carbonyl (C=O) groups is 3. The van der Waals surface area contributed by atoms with Crippen LogP contribution in [-0.4, -0.2) is 53.7 Å². The van der Waals surface area contributed by atoms with E-state index in [1.54, 1.807) is 11.8 Å². The van der Waals surface area contributed by atoms with Crippen molar-refractivity contribution < 1.29 is 24.2 Å². The number of nitrogens with zero attached hydrogens (tertiary/aromatic N) is 1. The Labute approximate surface area is 206 Å². The van der Waals surface area contributed by atoms with Gasteiger partial charge in [0.15, 0.2) is 0 Å². The van der Waals surface area contributed by atoms with Crippen LogP contribution in [0.25, 0.3) is 11.1 Å². The van der Waals surface area contributed by atoms with Gasteiger partial charge in [0.1, 0.15) is 6.61 Å². The zero-order valence-electron chi connectivity index (χ0n) is 20.6. The minimum Gasteiger partial charge on any atom is -0.481 e. The molecule has 7 nitrogen and oxygen atoms in total. The predicted molar refractivity (Wildman–Crippen MR) is 133 cm³/mol. The molecule has 35 heavy (non-hydrogen) atoms. The Balaban J connectivity index is 1.38. The summed E-state index contributed by atoms with van der Waals surface area (Å²) in [6, 6.07) is 15.9. The van der Waals surface area contributed by atoms with Crippen molar-refractivity contribution in [3.8, 4) is 11.1 Å². The quantitative estimate of drug-likeness (QED) is 0.604. The van der Waals surface area contributed by atoms with Crippen molar-refractivity contribution in [3.05, 3.63) is 59.7 Å². The smallest absolute Gasteiger partial charge is 0.407 e. The van der Waals surface area contributed by atoms with Gasteiger partial charge >= 0.3 is 12.1 Å². The van der Waals surface area contributed by atoms with E-state index in [9.17, 15) is 19.5 Å². The number of carbonyl (C=O) groups excluding carboxylic acids is 2. The third kappa shape index (κ3) is 4.77. The van der Waals surface area contributed by atoms with Gasteiger partial charge in [-0.3, -0.25) is 9.59 Å². The highest BCUT2D eigenvalue weighted by Gasteiger charge is 2.42. The number of ether oxygens (including phenoxy) is 1. The standard InChI is InChI=1S/C28H34N2O5/c1-4-28(3,26(33)30-15-9-14-19(18(30)2)25(31)32)17-29-27(34)35-16-24-22-12-7-5-10-20(22)21-11-6-8-13-23(21)24/h5-8,10-13,18-19,24H,4,9,14-17H2,1-3H3,(H,29,34)(H,31,32). The van der Waals surface area contributed by atoms with Crippen molar-refractivity contribution in [1.29, 1.82) is 0 Å². The van der Waals surface area contributed by atoms with Crippen LogP contribution < -0.4 is 5.32 Å². The number of fused-ring (bicyclic) bond motifs is 3. The van der Waals surface area contributed by atoms with Crippen LogP contribution in [0, 0.1) is 11.3 Å². The van der Waals surface area contributed by atoms with Gasteiger partial charge in [-0.25, -0.2) is 4.79 Å². The maximum atomic E-state index is 13.4. The van der Waals surface area contributed by atoms with Gasteiger partial charge in [-0.2, -0.15) is 0 Å². The molecule has 1 aliphatic carbocycles. The van der Waals surface area contributed by atoms with Crippen LogP contribution >= 0.6 is 0 Å². The number of carboxylic acids is 1. The lowest BCUT2D eigenvalue weighted by Gasteiger charge is -2.42. The van der Waals surface area contributed by atoms with Crippen molar-refractivity contribution in [2.24, 2.45) is 11.3 Å². The minimum absolute atomic E-state index is 0.0329. The molecule has 3 unspecified atom stereocenters. The Kier molecular flexibility index (Phi) is 7.15. The number of carboxylic acid groups (broad SMARTS) is 1. The molecule has 2 aromatic carbocycles. The van der Waals surface area contributed by atoms with Gasteiger partial charge in [0.05, 0.1) is 11.3 Å². The van der Waals surface area contributed by atoms with Crippen molar-refractivity contribution in [1.82, 2.24) is 10.2 Å². The molecule has 0 radical (unpaired) electrons. The molecule has 1 fully saturated rings. The molecule has 1 heterocycles. The molecule has 1 aliphatic heterocycles. The van der Waals surface area contributed by atoms with E-state index in [1.807, 2.05) is 38.1 Å². The Bertz CT molecular complexity index is 1070. The monoisotopic (exact) mass is 478 g/mol. The van der Waals surface area contributed by atoms with Crippen LogP contribution in [0.15, 0.2) is 48.5 Å². The molecule has 7 heteroatoms. The Morgan fingerprint density at radius 1 is 1.09 bits per heavy atom. The molecule has 2 N–H and O–H groups in total. The van der Waals surface area contributed by atoms with Gasteiger partial charge in [-0.15, -0.1) is 0 Å². The average molecular weight is 479 g/mol. The number of nitrogens with one attached hydrogen (secondary N) is 1. The van der Waals surface area contributed by atoms with Gasteiger partial charge in [0.25, 0.3) is 0 Å². The number of alkyl carbamates (subject to hydrolysis) is 1. The number of hydrogen-bond acceptors (Lipinski definition) is 4. The Morgan fingerprint density at radius 2 is 1.69 bits per heavy atom. The maximum Gasteiger partial charge on any atom is 0.407 e. The fourth-order valence-corrected chi connectivity index (χ4v) is 5.38. The fraction of sp³-hybridized carbons (Fsp3) is 0.464. The largest absolute Gasteiger partial charge is 0.481 e. The predicted octanol–water partition coefficient (Wildman–Crippen LogP) is 4.65. The molecule has 2 aromatic rings. The lowest BCUT2D eigenvalue weighted by atomic mass is 9.82. The summed E-state index contributed by atoms with van der Waals surface area (Å²) in [5.41, 5.74) is 3.76. The van der Waals surface area contributed by atoms with Gasteiger partial charge in [-0.05, 0) is 55.4 Å². The molecular weight excluding hydrogens is 444 g/mol. The molecule has 3 atom stereocenters. The third-order valence-corrected chi connectivity index (χ3v) is 7.83. The first kappa shape index (κ1) is 24.8. The molecular formula is C28H34N2O5. The van der Waals surface area contributed by atoms with Gasteiger partial charge < -0.3 is 20.1 Å². The van der Waals surface area contributed by atoms with E-state index in [-0.39, 0.29) is 31.0 Å². The third-order valence-electron chi connectivity index (χ3n) is 7.83. The van der Waals surface area contributed by atoms with Gasteiger partial charge in [-0.1, -0.05) is 55.5 Å². The van der Waals surface area contributed by atoms with Crippen LogP contribution in [-0.2, 0) is 14.3 Å². The molecule has 2 aliphatic rings. The van der Waals surface area contributed by atoms with E-state index in [2.05, 4.69) is 29.6 Å². The minimum atomic E-state index is -0.870. The van der Waals surface area contributed by atoms with E-state index < -0.39 is 23.4 Å². The van der Waals surface area contributed by atoms with Crippen LogP contribution in [0.4, 0.5) is 4.79 Å². The number of amides is 2. The van der Waals surface area contributed by atoms with Crippen LogP contribution in [0.2, 0.25) is 0 Å². The van der Waals surface area contributed by atoms with E-state index >= 15 is 0 Å². The first-order chi connectivity index (χ1) is 16.8. The lowest BCUT2D eigenvalue weighted by molar-refractivity contribution is -0.153. The highest BCUT2D eigenvalue weighted by atomic mass is 16.5. The first-order valence-corrected chi connectivity index (χ1v) is 12.4. The van der Waals surface area contributed by atoms with E-state index in [0.29, 0.717) is 25.8 Å². The van der Waals surface area contributed by atoms with Crippen LogP contribution in [0.3, 0.4) is 0 Å². The number of benzene rings is 2. The van der Waals surface area contributed by atoms with Crippen molar-refractivity contribution in [3.63, 3.8) is 0 Å². The van der Waals surface area contributed by atoms with Crippen molar-refractivity contribution >= 4 is 18.0 Å². The normalized spacial score (nSPS) is 20.9. The summed E-state index contributed by atoms with van der Waals surface area (Å²) in [6.45, 7) is 6.38. The number of rotatable bonds is 7. The summed E-state index contributed by atoms with van der Waals surface area (Å²) in [6.07, 6.45) is 1.18. The summed E-state index contributed by atoms with van der Waals surface area (Å²) in [5.74, 6) is -1.60. The number of likely N-dealkylation sites (tertiary alicyclic amines) is 1. The highest BCUT2D eigenvalue weighted by molar-refractivity contribution is 5.85. The maximum absolute atomic E-state index is 13.4. The van der Waals surface area contributed by atoms with Crippen LogP contribution in [0.5, 0.6) is 0 Å². The van der Waals surface area contributed by atoms with Crippen LogP contribution in [0.1, 0.15) is 57.1 Å². The molecule has 1 saturated heterocycles. The lowest BCUT2D eigenvalue weighted by Crippen LogP contribution is -2.55. The van der Waals surface area contributed by atoms with E-state index in [4.69, 9.17) is 4.74 Å². The first-order valence-electron chi connectivity index (χ1n) is 12.4. The van der Waals surface area contributed by atoms with E-state index in [1.165, 1.54) is 0 Å². The number of hydrogen-bond donors (Lipinski definition) is 2. The second-order valence-corrected chi connectivity index (χ2v) is 9.92. The number of piperidine rings is 1. The summed E-state index contributed by atoms with van der Waals surface area (Å²) in [4.78, 5) is 39.3. The van der Waals surface area contributed by atoms with Gasteiger partial charge in [0.2, 0.25) is 5.91 Å². The summed E-state index contributed by atoms with van der Waals surface area (Å²) < 4.78 is 5.62. The SMILES string of the molecule is CCC(C)(CNC(=O)OCC1c2ccccc2-c2ccccc21)C(=O)N1CCCC(C(=O)O)C1C. The fourth-order valence-electron chi connectivity index (χ4n) is 5.38. The molecule has 0 saturated carbocycles. The zero-order chi connectivity index (χ0) is 25.2. The highest BCUT2D eigenvalue weighted by Crippen LogP contribution is 2.44. The Morgan fingerprint density at radius 3 is 2.26 bits per heavy atom. The molecule has 4 rings (SSSR count). The molecule has 0 spiro atoms. The second-order valence-electron chi connectivity index (χ2n) is 9.92. The second kappa shape index (κ2) is 10.1. The van der Waals surface area contributed by atoms with Gasteiger partial charge in [0, 0.05) is 25.0 Å². The average Bonchev–Trinajstić information content (AvgIpc) is 3.19. The Hall–Kier alpha value is -3.35.